The molecule has 35 heavy (non-hydrogen) atoms. The molecule has 0 unspecified atom stereocenters. The summed E-state index contributed by atoms with van der Waals surface area (Å²) < 4.78 is 53.1. The summed E-state index contributed by atoms with van der Waals surface area (Å²) in [6.07, 6.45) is 0. The number of halogens is 1. The van der Waals surface area contributed by atoms with Crippen LogP contribution in [-0.2, 0) is 10.0 Å². The smallest absolute Gasteiger partial charge is 0.338 e. The van der Waals surface area contributed by atoms with E-state index in [0.29, 0.717) is 0 Å². The zero-order chi connectivity index (χ0) is 25.3. The van der Waals surface area contributed by atoms with E-state index in [1.165, 1.54) is 37.4 Å². The molecule has 0 radical (unpaired) electrons. The fraction of sp³-hybridized carbons (Fsp3) is 0.167. The summed E-state index contributed by atoms with van der Waals surface area (Å²) in [5.74, 6) is -2.62. The van der Waals surface area contributed by atoms with Crippen LogP contribution >= 0.6 is 0 Å². The van der Waals surface area contributed by atoms with Crippen LogP contribution in [0.4, 0.5) is 15.8 Å². The van der Waals surface area contributed by atoms with Crippen LogP contribution in [0, 0.1) is 12.7 Å². The van der Waals surface area contributed by atoms with Crippen LogP contribution in [0.15, 0.2) is 59.5 Å². The quantitative estimate of drug-likeness (QED) is 0.529. The van der Waals surface area contributed by atoms with E-state index in [1.54, 1.807) is 19.1 Å². The first-order valence-electron chi connectivity index (χ1n) is 10.4. The van der Waals surface area contributed by atoms with Gasteiger partial charge in [-0.2, -0.15) is 0 Å². The van der Waals surface area contributed by atoms with Gasteiger partial charge in [-0.05, 0) is 61.0 Å². The molecule has 1 aliphatic rings. The van der Waals surface area contributed by atoms with Gasteiger partial charge in [0.15, 0.2) is 0 Å². The predicted molar refractivity (Wildman–Crippen MR) is 126 cm³/mol. The van der Waals surface area contributed by atoms with E-state index >= 15 is 0 Å². The second-order valence-corrected chi connectivity index (χ2v) is 9.55. The number of carbonyl (C=O) groups excluding carboxylic acids is 1. The normalized spacial score (nSPS) is 12.9. The lowest BCUT2D eigenvalue weighted by molar-refractivity contribution is 0.0691. The van der Waals surface area contributed by atoms with Gasteiger partial charge in [-0.15, -0.1) is 0 Å². The topological polar surface area (TPSA) is 122 Å². The number of hydrogen-bond donors (Lipinski definition) is 2. The first-order valence-corrected chi connectivity index (χ1v) is 11.8. The summed E-state index contributed by atoms with van der Waals surface area (Å²) in [6.45, 7) is 1.89. The second kappa shape index (κ2) is 9.26. The van der Waals surface area contributed by atoms with Crippen molar-refractivity contribution in [3.8, 4) is 11.5 Å². The van der Waals surface area contributed by atoms with Gasteiger partial charge < -0.3 is 19.9 Å². The van der Waals surface area contributed by atoms with Crippen molar-refractivity contribution in [2.75, 3.05) is 29.9 Å². The van der Waals surface area contributed by atoms with Crippen LogP contribution in [0.2, 0.25) is 0 Å². The molecule has 0 aromatic heterocycles. The highest BCUT2D eigenvalue weighted by molar-refractivity contribution is 7.93. The highest BCUT2D eigenvalue weighted by Crippen LogP contribution is 2.38. The van der Waals surface area contributed by atoms with Gasteiger partial charge >= 0.3 is 5.97 Å². The van der Waals surface area contributed by atoms with Crippen molar-refractivity contribution < 1.29 is 37.0 Å². The number of carboxylic acids is 1. The van der Waals surface area contributed by atoms with Gasteiger partial charge in [0.2, 0.25) is 0 Å². The molecule has 1 amide bonds. The van der Waals surface area contributed by atoms with Crippen LogP contribution in [0.5, 0.6) is 11.5 Å². The van der Waals surface area contributed by atoms with E-state index in [2.05, 4.69) is 5.32 Å². The Morgan fingerprint density at radius 2 is 1.89 bits per heavy atom. The van der Waals surface area contributed by atoms with Gasteiger partial charge in [0.25, 0.3) is 15.9 Å². The number of carbonyl (C=O) groups is 2. The maximum Gasteiger partial charge on any atom is 0.338 e. The highest BCUT2D eigenvalue weighted by Gasteiger charge is 2.33. The van der Waals surface area contributed by atoms with Crippen LogP contribution in [0.3, 0.4) is 0 Å². The first-order chi connectivity index (χ1) is 16.6. The summed E-state index contributed by atoms with van der Waals surface area (Å²) in [5.41, 5.74) is 0.502. The Hall–Kier alpha value is -4.12. The molecule has 0 aliphatic carbocycles. The van der Waals surface area contributed by atoms with Crippen molar-refractivity contribution in [3.05, 3.63) is 77.1 Å². The van der Waals surface area contributed by atoms with E-state index in [1.807, 2.05) is 0 Å². The number of carboxylic acid groups (broad SMARTS) is 1. The van der Waals surface area contributed by atoms with Crippen molar-refractivity contribution in [3.63, 3.8) is 0 Å². The van der Waals surface area contributed by atoms with E-state index in [-0.39, 0.29) is 46.5 Å². The molecule has 0 fully saturated rings. The molecule has 11 heteroatoms. The Balaban J connectivity index is 1.68. The highest BCUT2D eigenvalue weighted by atomic mass is 32.2. The average molecular weight is 501 g/mol. The zero-order valence-corrected chi connectivity index (χ0v) is 19.6. The van der Waals surface area contributed by atoms with Crippen LogP contribution in [0.1, 0.15) is 26.3 Å². The van der Waals surface area contributed by atoms with Gasteiger partial charge in [0, 0.05) is 11.3 Å². The third kappa shape index (κ3) is 4.62. The van der Waals surface area contributed by atoms with Crippen molar-refractivity contribution >= 4 is 33.3 Å². The summed E-state index contributed by atoms with van der Waals surface area (Å²) in [4.78, 5) is 23.8. The maximum absolute atomic E-state index is 14.0. The summed E-state index contributed by atoms with van der Waals surface area (Å²) in [5, 5.41) is 11.4. The fourth-order valence-electron chi connectivity index (χ4n) is 3.66. The van der Waals surface area contributed by atoms with Crippen molar-refractivity contribution in [1.82, 2.24) is 0 Å². The number of ether oxygens (including phenoxy) is 2. The Kier molecular flexibility index (Phi) is 6.35. The predicted octanol–water partition coefficient (Wildman–Crippen LogP) is 3.68. The molecule has 3 aromatic carbocycles. The van der Waals surface area contributed by atoms with E-state index < -0.39 is 33.3 Å². The molecular weight excluding hydrogens is 479 g/mol. The van der Waals surface area contributed by atoms with E-state index in [0.717, 1.165) is 22.0 Å². The Labute approximate surface area is 200 Å². The molecule has 0 atom stereocenters. The number of aromatic carboxylic acids is 1. The summed E-state index contributed by atoms with van der Waals surface area (Å²) >= 11 is 0. The Bertz CT molecular complexity index is 1440. The molecule has 0 saturated carbocycles. The molecular formula is C24H21FN2O7S. The Morgan fingerprint density at radius 3 is 2.57 bits per heavy atom. The van der Waals surface area contributed by atoms with Crippen LogP contribution in [-0.4, -0.2) is 45.7 Å². The minimum absolute atomic E-state index is 0.0133. The van der Waals surface area contributed by atoms with Gasteiger partial charge in [0.05, 0.1) is 24.9 Å². The molecule has 0 bridgehead atoms. The number of nitrogens with zero attached hydrogens (tertiary/aromatic N) is 1. The largest absolute Gasteiger partial charge is 0.495 e. The summed E-state index contributed by atoms with van der Waals surface area (Å²) in [6, 6.07) is 12.3. The van der Waals surface area contributed by atoms with Crippen molar-refractivity contribution in [1.29, 1.82) is 0 Å². The minimum atomic E-state index is -4.07. The number of fused-ring (bicyclic) bond motifs is 1. The first kappa shape index (κ1) is 24.0. The molecule has 4 rings (SSSR count). The number of anilines is 2. The lowest BCUT2D eigenvalue weighted by atomic mass is 10.1. The number of benzene rings is 3. The van der Waals surface area contributed by atoms with Gasteiger partial charge in [-0.25, -0.2) is 17.6 Å². The zero-order valence-electron chi connectivity index (χ0n) is 18.7. The van der Waals surface area contributed by atoms with Crippen LogP contribution in [0.25, 0.3) is 0 Å². The Morgan fingerprint density at radius 1 is 1.11 bits per heavy atom. The maximum atomic E-state index is 14.0. The van der Waals surface area contributed by atoms with E-state index in [9.17, 15) is 22.4 Å². The van der Waals surface area contributed by atoms with Crippen LogP contribution < -0.4 is 19.1 Å². The van der Waals surface area contributed by atoms with Crippen molar-refractivity contribution in [2.45, 2.75) is 11.8 Å². The number of methoxy groups -OCH3 is 1. The summed E-state index contributed by atoms with van der Waals surface area (Å²) in [7, 11) is -2.69. The van der Waals surface area contributed by atoms with Crippen molar-refractivity contribution in [2.24, 2.45) is 0 Å². The van der Waals surface area contributed by atoms with Gasteiger partial charge in [-0.3, -0.25) is 9.10 Å². The molecule has 1 aliphatic heterocycles. The number of hydrogen-bond acceptors (Lipinski definition) is 6. The molecule has 9 nitrogen and oxygen atoms in total. The van der Waals surface area contributed by atoms with Gasteiger partial charge in [0.1, 0.15) is 28.8 Å². The molecule has 2 N–H and O–H groups in total. The average Bonchev–Trinajstić information content (AvgIpc) is 2.83. The molecule has 0 saturated heterocycles. The minimum Gasteiger partial charge on any atom is -0.495 e. The number of rotatable bonds is 6. The molecule has 182 valence electrons. The number of nitrogens with one attached hydrogen (secondary N) is 1. The van der Waals surface area contributed by atoms with E-state index in [4.69, 9.17) is 14.6 Å². The number of aryl methyl sites for hydroxylation is 1. The standard InChI is InChI=1S/C24H21FN2O7S/c1-14-3-7-21(33-2)22(11-14)35(31,32)27-9-10-34-20-8-4-15(12-19(20)27)23(28)26-16-5-6-17(24(29)30)18(25)13-16/h3-8,11-13H,9-10H2,1-2H3,(H,26,28)(H,29,30). The molecule has 0 spiro atoms. The SMILES string of the molecule is COc1ccc(C)cc1S(=O)(=O)N1CCOc2ccc(C(=O)Nc3ccc(C(=O)O)c(F)c3)cc21. The van der Waals surface area contributed by atoms with Gasteiger partial charge in [-0.1, -0.05) is 6.07 Å². The number of sulfonamides is 1. The fourth-order valence-corrected chi connectivity index (χ4v) is 5.35. The lowest BCUT2D eigenvalue weighted by Crippen LogP contribution is -2.38. The monoisotopic (exact) mass is 500 g/mol. The number of amides is 1. The third-order valence-electron chi connectivity index (χ3n) is 5.39. The third-order valence-corrected chi connectivity index (χ3v) is 7.22. The molecule has 3 aromatic rings. The lowest BCUT2D eigenvalue weighted by Gasteiger charge is -2.31. The molecule has 1 heterocycles. The second-order valence-electron chi connectivity index (χ2n) is 7.72.